The van der Waals surface area contributed by atoms with E-state index in [0.717, 1.165) is 0 Å². The van der Waals surface area contributed by atoms with Gasteiger partial charge in [-0.25, -0.2) is 0 Å². The van der Waals surface area contributed by atoms with Crippen LogP contribution >= 0.6 is 0 Å². The van der Waals surface area contributed by atoms with Gasteiger partial charge in [0.15, 0.2) is 0 Å². The average molecular weight is 282 g/mol. The third-order valence-electron chi connectivity index (χ3n) is 2.31. The molecule has 8 heteroatoms. The average Bonchev–Trinajstić information content (AvgIpc) is 2.39. The van der Waals surface area contributed by atoms with Crippen molar-refractivity contribution in [1.82, 2.24) is 20.3 Å². The fourth-order valence-corrected chi connectivity index (χ4v) is 1.44. The Hall–Kier alpha value is -2.12. The standard InChI is InChI=1S/C12H22N6O2/c1-5-13-9(19)8(4)15-11-16-10(14-6-2)17-12(18-11)20-7-3/h8H,5-7H2,1-4H3,(H,13,19)(H2,14,15,16,17,18). The smallest absolute Gasteiger partial charge is 0.323 e. The minimum atomic E-state index is -0.443. The van der Waals surface area contributed by atoms with Crippen LogP contribution < -0.4 is 20.7 Å². The minimum absolute atomic E-state index is 0.115. The second kappa shape index (κ2) is 8.13. The molecule has 0 aliphatic heterocycles. The van der Waals surface area contributed by atoms with Crippen LogP contribution in [0.5, 0.6) is 6.01 Å². The fourth-order valence-electron chi connectivity index (χ4n) is 1.44. The summed E-state index contributed by atoms with van der Waals surface area (Å²) >= 11 is 0. The van der Waals surface area contributed by atoms with Gasteiger partial charge in [0, 0.05) is 13.1 Å². The number of aromatic nitrogens is 3. The van der Waals surface area contributed by atoms with Crippen molar-refractivity contribution in [3.8, 4) is 6.01 Å². The first-order valence-corrected chi connectivity index (χ1v) is 6.77. The molecule has 1 aromatic heterocycles. The molecule has 0 radical (unpaired) electrons. The summed E-state index contributed by atoms with van der Waals surface area (Å²) in [6.45, 7) is 9.11. The number of anilines is 2. The predicted molar refractivity (Wildman–Crippen MR) is 76.9 cm³/mol. The Morgan fingerprint density at radius 1 is 1.15 bits per heavy atom. The quantitative estimate of drug-likeness (QED) is 0.643. The number of amides is 1. The Labute approximate surface area is 118 Å². The number of carbonyl (C=O) groups excluding carboxylic acids is 1. The van der Waals surface area contributed by atoms with Gasteiger partial charge in [0.1, 0.15) is 6.04 Å². The van der Waals surface area contributed by atoms with Crippen molar-refractivity contribution in [2.75, 3.05) is 30.3 Å². The van der Waals surface area contributed by atoms with E-state index in [9.17, 15) is 4.79 Å². The summed E-state index contributed by atoms with van der Waals surface area (Å²) in [6.07, 6.45) is 0. The van der Waals surface area contributed by atoms with E-state index in [1.54, 1.807) is 6.92 Å². The van der Waals surface area contributed by atoms with Gasteiger partial charge >= 0.3 is 6.01 Å². The van der Waals surface area contributed by atoms with E-state index < -0.39 is 6.04 Å². The first-order chi connectivity index (χ1) is 9.60. The number of nitrogens with zero attached hydrogens (tertiary/aromatic N) is 3. The number of hydrogen-bond acceptors (Lipinski definition) is 7. The van der Waals surface area contributed by atoms with Gasteiger partial charge in [0.2, 0.25) is 17.8 Å². The van der Waals surface area contributed by atoms with E-state index in [1.807, 2.05) is 20.8 Å². The lowest BCUT2D eigenvalue weighted by Gasteiger charge is -2.14. The van der Waals surface area contributed by atoms with E-state index in [1.165, 1.54) is 0 Å². The summed E-state index contributed by atoms with van der Waals surface area (Å²) in [5.74, 6) is 0.602. The molecule has 1 heterocycles. The summed E-state index contributed by atoms with van der Waals surface area (Å²) < 4.78 is 5.28. The van der Waals surface area contributed by atoms with Gasteiger partial charge in [-0.3, -0.25) is 4.79 Å². The van der Waals surface area contributed by atoms with Crippen LogP contribution in [0.3, 0.4) is 0 Å². The van der Waals surface area contributed by atoms with Crippen LogP contribution in [0.25, 0.3) is 0 Å². The van der Waals surface area contributed by atoms with Gasteiger partial charge in [-0.1, -0.05) is 0 Å². The molecule has 1 aromatic rings. The van der Waals surface area contributed by atoms with Gasteiger partial charge in [-0.15, -0.1) is 0 Å². The van der Waals surface area contributed by atoms with Crippen LogP contribution in [0.15, 0.2) is 0 Å². The molecule has 20 heavy (non-hydrogen) atoms. The van der Waals surface area contributed by atoms with Crippen molar-refractivity contribution in [2.24, 2.45) is 0 Å². The monoisotopic (exact) mass is 282 g/mol. The second-order valence-electron chi connectivity index (χ2n) is 3.99. The highest BCUT2D eigenvalue weighted by Gasteiger charge is 2.14. The Kier molecular flexibility index (Phi) is 6.48. The first-order valence-electron chi connectivity index (χ1n) is 6.77. The van der Waals surface area contributed by atoms with E-state index in [2.05, 4.69) is 30.9 Å². The summed E-state index contributed by atoms with van der Waals surface area (Å²) in [5.41, 5.74) is 0. The highest BCUT2D eigenvalue weighted by Crippen LogP contribution is 2.11. The predicted octanol–water partition coefficient (Wildman–Crippen LogP) is 0.639. The van der Waals surface area contributed by atoms with Crippen LogP contribution in [0, 0.1) is 0 Å². The lowest BCUT2D eigenvalue weighted by atomic mass is 10.3. The topological polar surface area (TPSA) is 101 Å². The maximum Gasteiger partial charge on any atom is 0.323 e. The highest BCUT2D eigenvalue weighted by molar-refractivity contribution is 5.83. The molecule has 1 rings (SSSR count). The Balaban J connectivity index is 2.84. The molecule has 8 nitrogen and oxygen atoms in total. The summed E-state index contributed by atoms with van der Waals surface area (Å²) in [7, 11) is 0. The molecule has 0 spiro atoms. The zero-order chi connectivity index (χ0) is 15.0. The largest absolute Gasteiger partial charge is 0.464 e. The van der Waals surface area contributed by atoms with E-state index in [4.69, 9.17) is 4.74 Å². The van der Waals surface area contributed by atoms with Crippen molar-refractivity contribution in [3.63, 3.8) is 0 Å². The molecule has 1 amide bonds. The van der Waals surface area contributed by atoms with Gasteiger partial charge in [-0.2, -0.15) is 15.0 Å². The molecule has 3 N–H and O–H groups in total. The summed E-state index contributed by atoms with van der Waals surface area (Å²) in [6, 6.07) is -0.217. The fraction of sp³-hybridized carbons (Fsp3) is 0.667. The number of nitrogens with one attached hydrogen (secondary N) is 3. The lowest BCUT2D eigenvalue weighted by molar-refractivity contribution is -0.121. The number of carbonyl (C=O) groups is 1. The van der Waals surface area contributed by atoms with Gasteiger partial charge < -0.3 is 20.7 Å². The highest BCUT2D eigenvalue weighted by atomic mass is 16.5. The first kappa shape index (κ1) is 15.9. The Bertz CT molecular complexity index is 416. The molecular weight excluding hydrogens is 260 g/mol. The van der Waals surface area contributed by atoms with Crippen molar-refractivity contribution >= 4 is 17.8 Å². The summed E-state index contributed by atoms with van der Waals surface area (Å²) in [4.78, 5) is 24.1. The molecule has 1 unspecified atom stereocenters. The summed E-state index contributed by atoms with van der Waals surface area (Å²) in [5, 5.41) is 8.65. The minimum Gasteiger partial charge on any atom is -0.464 e. The number of ether oxygens (including phenoxy) is 1. The molecule has 0 saturated heterocycles. The third-order valence-corrected chi connectivity index (χ3v) is 2.31. The van der Waals surface area contributed by atoms with Crippen LogP contribution in [0.4, 0.5) is 11.9 Å². The van der Waals surface area contributed by atoms with Gasteiger partial charge in [0.25, 0.3) is 0 Å². The molecule has 0 aliphatic rings. The third kappa shape index (κ3) is 4.87. The van der Waals surface area contributed by atoms with E-state index in [-0.39, 0.29) is 11.9 Å². The number of hydrogen-bond donors (Lipinski definition) is 3. The van der Waals surface area contributed by atoms with Crippen LogP contribution in [0.2, 0.25) is 0 Å². The van der Waals surface area contributed by atoms with Crippen molar-refractivity contribution in [1.29, 1.82) is 0 Å². The van der Waals surface area contributed by atoms with Crippen LogP contribution in [0.1, 0.15) is 27.7 Å². The van der Waals surface area contributed by atoms with Crippen LogP contribution in [-0.4, -0.2) is 46.6 Å². The van der Waals surface area contributed by atoms with Crippen molar-refractivity contribution in [3.05, 3.63) is 0 Å². The van der Waals surface area contributed by atoms with Crippen molar-refractivity contribution < 1.29 is 9.53 Å². The van der Waals surface area contributed by atoms with Gasteiger partial charge in [0.05, 0.1) is 6.61 Å². The maximum atomic E-state index is 11.7. The Morgan fingerprint density at radius 2 is 1.85 bits per heavy atom. The van der Waals surface area contributed by atoms with E-state index >= 15 is 0 Å². The molecule has 0 fully saturated rings. The molecular formula is C12H22N6O2. The normalized spacial score (nSPS) is 11.6. The molecule has 0 bridgehead atoms. The molecule has 112 valence electrons. The molecule has 0 aliphatic carbocycles. The Morgan fingerprint density at radius 3 is 2.45 bits per heavy atom. The van der Waals surface area contributed by atoms with Gasteiger partial charge in [-0.05, 0) is 27.7 Å². The van der Waals surface area contributed by atoms with Crippen molar-refractivity contribution in [2.45, 2.75) is 33.7 Å². The molecule has 0 aromatic carbocycles. The SMILES string of the molecule is CCNC(=O)C(C)Nc1nc(NCC)nc(OCC)n1. The number of likely N-dealkylation sites (N-methyl/N-ethyl adjacent to an activating group) is 1. The number of rotatable bonds is 8. The maximum absolute atomic E-state index is 11.7. The molecule has 1 atom stereocenters. The zero-order valence-corrected chi connectivity index (χ0v) is 12.4. The zero-order valence-electron chi connectivity index (χ0n) is 12.4. The second-order valence-corrected chi connectivity index (χ2v) is 3.99. The lowest BCUT2D eigenvalue weighted by Crippen LogP contribution is -2.37. The van der Waals surface area contributed by atoms with Crippen LogP contribution in [-0.2, 0) is 4.79 Å². The van der Waals surface area contributed by atoms with E-state index in [0.29, 0.717) is 31.6 Å². The molecule has 0 saturated carbocycles.